The minimum atomic E-state index is 0.225. The first kappa shape index (κ1) is 12.4. The molecule has 0 bridgehead atoms. The Kier molecular flexibility index (Phi) is 3.38. The molecule has 0 spiro atoms. The third-order valence-electron chi connectivity index (χ3n) is 3.32. The SMILES string of the molecule is O=C1CCc2c(OCc3cccc(Br)c3)cccc21. The Balaban J connectivity index is 1.80. The van der Waals surface area contributed by atoms with Crippen molar-refractivity contribution in [2.75, 3.05) is 0 Å². The molecule has 0 saturated carbocycles. The third-order valence-corrected chi connectivity index (χ3v) is 3.81. The van der Waals surface area contributed by atoms with Gasteiger partial charge in [-0.15, -0.1) is 0 Å². The number of carbonyl (C=O) groups is 1. The number of fused-ring (bicyclic) bond motifs is 1. The van der Waals surface area contributed by atoms with Crippen LogP contribution in [-0.4, -0.2) is 5.78 Å². The molecule has 0 atom stereocenters. The van der Waals surface area contributed by atoms with Crippen molar-refractivity contribution in [3.63, 3.8) is 0 Å². The van der Waals surface area contributed by atoms with Gasteiger partial charge < -0.3 is 4.74 Å². The summed E-state index contributed by atoms with van der Waals surface area (Å²) in [7, 11) is 0. The molecular weight excluding hydrogens is 304 g/mol. The van der Waals surface area contributed by atoms with E-state index in [0.717, 1.165) is 33.3 Å². The lowest BCUT2D eigenvalue weighted by molar-refractivity contribution is 0.0994. The van der Waals surface area contributed by atoms with Gasteiger partial charge in [0.25, 0.3) is 0 Å². The maximum Gasteiger partial charge on any atom is 0.163 e. The van der Waals surface area contributed by atoms with E-state index < -0.39 is 0 Å². The van der Waals surface area contributed by atoms with E-state index in [1.165, 1.54) is 0 Å². The highest BCUT2D eigenvalue weighted by Crippen LogP contribution is 2.31. The van der Waals surface area contributed by atoms with Gasteiger partial charge in [-0.3, -0.25) is 4.79 Å². The van der Waals surface area contributed by atoms with Gasteiger partial charge in [0.05, 0.1) is 0 Å². The van der Waals surface area contributed by atoms with Crippen molar-refractivity contribution >= 4 is 21.7 Å². The lowest BCUT2D eigenvalue weighted by Crippen LogP contribution is -1.99. The van der Waals surface area contributed by atoms with Crippen molar-refractivity contribution in [3.8, 4) is 5.75 Å². The van der Waals surface area contributed by atoms with Crippen LogP contribution in [-0.2, 0) is 13.0 Å². The minimum absolute atomic E-state index is 0.225. The molecule has 2 nitrogen and oxygen atoms in total. The predicted octanol–water partition coefficient (Wildman–Crippen LogP) is 4.16. The summed E-state index contributed by atoms with van der Waals surface area (Å²) in [5, 5.41) is 0. The zero-order valence-corrected chi connectivity index (χ0v) is 11.9. The van der Waals surface area contributed by atoms with Crippen molar-refractivity contribution in [1.82, 2.24) is 0 Å². The average molecular weight is 317 g/mol. The first-order valence-electron chi connectivity index (χ1n) is 6.26. The summed E-state index contributed by atoms with van der Waals surface area (Å²) < 4.78 is 6.91. The quantitative estimate of drug-likeness (QED) is 0.850. The molecule has 0 amide bonds. The van der Waals surface area contributed by atoms with Crippen molar-refractivity contribution < 1.29 is 9.53 Å². The normalized spacial score (nSPS) is 13.4. The van der Waals surface area contributed by atoms with Gasteiger partial charge in [-0.1, -0.05) is 40.2 Å². The molecule has 1 aliphatic carbocycles. The van der Waals surface area contributed by atoms with Gasteiger partial charge >= 0.3 is 0 Å². The molecule has 0 aromatic heterocycles. The van der Waals surface area contributed by atoms with E-state index in [-0.39, 0.29) is 5.78 Å². The number of carbonyl (C=O) groups excluding carboxylic acids is 1. The summed E-state index contributed by atoms with van der Waals surface area (Å²) in [6.45, 7) is 0.518. The van der Waals surface area contributed by atoms with E-state index in [9.17, 15) is 4.79 Å². The molecule has 0 radical (unpaired) electrons. The number of halogens is 1. The van der Waals surface area contributed by atoms with E-state index in [2.05, 4.69) is 15.9 Å². The molecular formula is C16H13BrO2. The van der Waals surface area contributed by atoms with Crippen LogP contribution in [0.25, 0.3) is 0 Å². The first-order valence-corrected chi connectivity index (χ1v) is 7.05. The molecule has 2 aromatic carbocycles. The topological polar surface area (TPSA) is 26.3 Å². The Labute approximate surface area is 120 Å². The number of hydrogen-bond donors (Lipinski definition) is 0. The van der Waals surface area contributed by atoms with E-state index in [1.807, 2.05) is 42.5 Å². The Morgan fingerprint density at radius 3 is 2.79 bits per heavy atom. The van der Waals surface area contributed by atoms with E-state index in [1.54, 1.807) is 0 Å². The third kappa shape index (κ3) is 2.56. The Morgan fingerprint density at radius 2 is 1.95 bits per heavy atom. The van der Waals surface area contributed by atoms with Crippen LogP contribution in [0.5, 0.6) is 5.75 Å². The molecule has 19 heavy (non-hydrogen) atoms. The van der Waals surface area contributed by atoms with Crippen LogP contribution < -0.4 is 4.74 Å². The highest BCUT2D eigenvalue weighted by molar-refractivity contribution is 9.10. The lowest BCUT2D eigenvalue weighted by Gasteiger charge is -2.10. The molecule has 3 rings (SSSR count). The number of benzene rings is 2. The molecule has 1 aliphatic rings. The van der Waals surface area contributed by atoms with Crippen LogP contribution in [0.15, 0.2) is 46.9 Å². The summed E-state index contributed by atoms with van der Waals surface area (Å²) in [6.07, 6.45) is 1.40. The Hall–Kier alpha value is -1.61. The van der Waals surface area contributed by atoms with E-state index >= 15 is 0 Å². The van der Waals surface area contributed by atoms with Crippen molar-refractivity contribution in [2.24, 2.45) is 0 Å². The summed E-state index contributed by atoms with van der Waals surface area (Å²) >= 11 is 3.45. The zero-order valence-electron chi connectivity index (χ0n) is 10.4. The van der Waals surface area contributed by atoms with Crippen molar-refractivity contribution in [3.05, 3.63) is 63.6 Å². The van der Waals surface area contributed by atoms with Gasteiger partial charge in [0.1, 0.15) is 12.4 Å². The van der Waals surface area contributed by atoms with Gasteiger partial charge in [-0.25, -0.2) is 0 Å². The molecule has 0 unspecified atom stereocenters. The van der Waals surface area contributed by atoms with Gasteiger partial charge in [0, 0.05) is 22.0 Å². The van der Waals surface area contributed by atoms with Crippen LogP contribution in [0, 0.1) is 0 Å². The lowest BCUT2D eigenvalue weighted by atomic mass is 10.1. The number of Topliss-reactive ketones (excluding diaryl/α,β-unsaturated/α-hetero) is 1. The van der Waals surface area contributed by atoms with Gasteiger partial charge in [-0.05, 0) is 30.2 Å². The van der Waals surface area contributed by atoms with Crippen LogP contribution in [0.2, 0.25) is 0 Å². The van der Waals surface area contributed by atoms with Crippen molar-refractivity contribution in [2.45, 2.75) is 19.4 Å². The van der Waals surface area contributed by atoms with Gasteiger partial charge in [-0.2, -0.15) is 0 Å². The number of ketones is 1. The zero-order chi connectivity index (χ0) is 13.2. The fraction of sp³-hybridized carbons (Fsp3) is 0.188. The second kappa shape index (κ2) is 5.17. The van der Waals surface area contributed by atoms with E-state index in [4.69, 9.17) is 4.74 Å². The molecule has 0 heterocycles. The molecule has 3 heteroatoms. The summed E-state index contributed by atoms with van der Waals surface area (Å²) in [6, 6.07) is 13.8. The molecule has 0 aliphatic heterocycles. The second-order valence-corrected chi connectivity index (χ2v) is 5.54. The Morgan fingerprint density at radius 1 is 1.11 bits per heavy atom. The molecule has 0 saturated heterocycles. The fourth-order valence-corrected chi connectivity index (χ4v) is 2.83. The largest absolute Gasteiger partial charge is 0.489 e. The minimum Gasteiger partial charge on any atom is -0.489 e. The average Bonchev–Trinajstić information content (AvgIpc) is 2.79. The highest BCUT2D eigenvalue weighted by atomic mass is 79.9. The van der Waals surface area contributed by atoms with Crippen LogP contribution in [0.4, 0.5) is 0 Å². The number of rotatable bonds is 3. The summed E-state index contributed by atoms with van der Waals surface area (Å²) in [5.74, 6) is 1.06. The predicted molar refractivity (Wildman–Crippen MR) is 77.6 cm³/mol. The van der Waals surface area contributed by atoms with E-state index in [0.29, 0.717) is 13.0 Å². The standard InChI is InChI=1S/C16H13BrO2/c17-12-4-1-3-11(9-12)10-19-16-6-2-5-13-14(16)7-8-15(13)18/h1-6,9H,7-8,10H2. The van der Waals surface area contributed by atoms with Gasteiger partial charge in [0.15, 0.2) is 5.78 Å². The fourth-order valence-electron chi connectivity index (χ4n) is 2.38. The molecule has 0 fully saturated rings. The van der Waals surface area contributed by atoms with Crippen LogP contribution >= 0.6 is 15.9 Å². The molecule has 96 valence electrons. The maximum absolute atomic E-state index is 11.7. The number of hydrogen-bond acceptors (Lipinski definition) is 2. The van der Waals surface area contributed by atoms with Crippen LogP contribution in [0.1, 0.15) is 27.9 Å². The van der Waals surface area contributed by atoms with Crippen LogP contribution in [0.3, 0.4) is 0 Å². The Bertz CT molecular complexity index is 634. The number of ether oxygens (including phenoxy) is 1. The highest BCUT2D eigenvalue weighted by Gasteiger charge is 2.22. The second-order valence-electron chi connectivity index (χ2n) is 4.62. The summed E-state index contributed by atoms with van der Waals surface area (Å²) in [4.78, 5) is 11.7. The first-order chi connectivity index (χ1) is 9.24. The maximum atomic E-state index is 11.7. The summed E-state index contributed by atoms with van der Waals surface area (Å²) in [5.41, 5.74) is 2.99. The van der Waals surface area contributed by atoms with Crippen molar-refractivity contribution in [1.29, 1.82) is 0 Å². The smallest absolute Gasteiger partial charge is 0.163 e. The molecule has 0 N–H and O–H groups in total. The molecule has 2 aromatic rings. The van der Waals surface area contributed by atoms with Gasteiger partial charge in [0.2, 0.25) is 0 Å². The monoisotopic (exact) mass is 316 g/mol.